The third kappa shape index (κ3) is 5.56. The van der Waals surface area contributed by atoms with Gasteiger partial charge in [0.1, 0.15) is 17.7 Å². The van der Waals surface area contributed by atoms with E-state index in [1.807, 2.05) is 39.8 Å². The summed E-state index contributed by atoms with van der Waals surface area (Å²) in [5.74, 6) is -1.05. The van der Waals surface area contributed by atoms with Crippen molar-refractivity contribution in [3.05, 3.63) is 41.2 Å². The molecule has 0 saturated carbocycles. The van der Waals surface area contributed by atoms with Gasteiger partial charge in [-0.05, 0) is 30.7 Å². The summed E-state index contributed by atoms with van der Waals surface area (Å²) >= 11 is 0. The Kier molecular flexibility index (Phi) is 6.63. The number of aryl methyl sites for hydroxylation is 1. The highest BCUT2D eigenvalue weighted by Gasteiger charge is 2.26. The molecule has 0 bridgehead atoms. The van der Waals surface area contributed by atoms with E-state index in [0.717, 1.165) is 11.6 Å². The van der Waals surface area contributed by atoms with Crippen molar-refractivity contribution in [2.24, 2.45) is 11.1 Å². The molecular formula is C20H26FN5O3. The van der Waals surface area contributed by atoms with Crippen LogP contribution in [0.3, 0.4) is 0 Å². The zero-order chi connectivity index (χ0) is 21.8. The quantitative estimate of drug-likeness (QED) is 0.398. The Hall–Kier alpha value is -3.36. The molecule has 0 aliphatic rings. The second-order valence-electron chi connectivity index (χ2n) is 7.67. The lowest BCUT2D eigenvalue weighted by atomic mass is 9.92. The summed E-state index contributed by atoms with van der Waals surface area (Å²) in [6.07, 6.45) is -0.0788. The zero-order valence-corrected chi connectivity index (χ0v) is 17.1. The number of nitrogens with one attached hydrogen (secondary N) is 3. The molecule has 0 fully saturated rings. The fourth-order valence-corrected chi connectivity index (χ4v) is 2.66. The largest absolute Gasteiger partial charge is 0.497 e. The highest BCUT2D eigenvalue weighted by molar-refractivity contribution is 5.98. The average molecular weight is 403 g/mol. The molecule has 2 rings (SSSR count). The lowest BCUT2D eigenvalue weighted by molar-refractivity contribution is -0.110. The number of carbonyl (C=O) groups excluding carboxylic acids is 2. The molecule has 1 aromatic heterocycles. The van der Waals surface area contributed by atoms with E-state index in [2.05, 4.69) is 20.9 Å². The molecule has 0 aliphatic heterocycles. The number of primary amides is 1. The van der Waals surface area contributed by atoms with Crippen LogP contribution in [0.1, 0.15) is 36.7 Å². The molecule has 1 atom stereocenters. The minimum Gasteiger partial charge on any atom is -0.497 e. The van der Waals surface area contributed by atoms with Crippen LogP contribution in [0, 0.1) is 18.2 Å². The van der Waals surface area contributed by atoms with Crippen molar-refractivity contribution in [2.75, 3.05) is 17.7 Å². The minimum absolute atomic E-state index is 0.0767. The molecular weight excluding hydrogens is 377 g/mol. The van der Waals surface area contributed by atoms with E-state index >= 15 is 0 Å². The van der Waals surface area contributed by atoms with Crippen LogP contribution in [0.2, 0.25) is 0 Å². The third-order valence-corrected chi connectivity index (χ3v) is 4.17. The molecule has 29 heavy (non-hydrogen) atoms. The van der Waals surface area contributed by atoms with Crippen molar-refractivity contribution < 1.29 is 18.7 Å². The van der Waals surface area contributed by atoms with Crippen molar-refractivity contribution in [3.63, 3.8) is 0 Å². The van der Waals surface area contributed by atoms with Gasteiger partial charge in [-0.15, -0.1) is 0 Å². The van der Waals surface area contributed by atoms with E-state index in [4.69, 9.17) is 10.5 Å². The lowest BCUT2D eigenvalue weighted by Crippen LogP contribution is -2.46. The molecule has 156 valence electrons. The third-order valence-electron chi connectivity index (χ3n) is 4.17. The first-order valence-electron chi connectivity index (χ1n) is 8.94. The first kappa shape index (κ1) is 21.9. The van der Waals surface area contributed by atoms with Gasteiger partial charge in [0.2, 0.25) is 6.41 Å². The molecule has 0 unspecified atom stereocenters. The zero-order valence-electron chi connectivity index (χ0n) is 17.1. The highest BCUT2D eigenvalue weighted by Crippen LogP contribution is 2.28. The van der Waals surface area contributed by atoms with Crippen LogP contribution in [0.4, 0.5) is 21.7 Å². The summed E-state index contributed by atoms with van der Waals surface area (Å²) < 4.78 is 19.8. The summed E-state index contributed by atoms with van der Waals surface area (Å²) in [5, 5.41) is 8.46. The summed E-state index contributed by atoms with van der Waals surface area (Å²) in [7, 11) is 1.54. The molecule has 0 spiro atoms. The van der Waals surface area contributed by atoms with Gasteiger partial charge in [0.15, 0.2) is 11.6 Å². The lowest BCUT2D eigenvalue weighted by Gasteiger charge is -2.31. The number of ether oxygens (including phenoxy) is 1. The Morgan fingerprint density at radius 1 is 1.24 bits per heavy atom. The number of halogens is 1. The van der Waals surface area contributed by atoms with Crippen molar-refractivity contribution in [1.82, 2.24) is 10.3 Å². The van der Waals surface area contributed by atoms with E-state index in [9.17, 15) is 14.0 Å². The Morgan fingerprint density at radius 2 is 1.93 bits per heavy atom. The minimum atomic E-state index is -0.830. The second-order valence-corrected chi connectivity index (χ2v) is 7.67. The molecule has 1 heterocycles. The highest BCUT2D eigenvalue weighted by atomic mass is 19.1. The van der Waals surface area contributed by atoms with Crippen molar-refractivity contribution in [2.45, 2.75) is 33.9 Å². The Balaban J connectivity index is 2.48. The number of carbonyl (C=O) groups is 2. The smallest absolute Gasteiger partial charge is 0.252 e. The van der Waals surface area contributed by atoms with Crippen LogP contribution >= 0.6 is 0 Å². The molecule has 2 amide bonds. The number of benzene rings is 1. The number of aromatic nitrogens is 1. The van der Waals surface area contributed by atoms with Crippen LogP contribution in [0.5, 0.6) is 5.75 Å². The van der Waals surface area contributed by atoms with E-state index in [-0.39, 0.29) is 17.2 Å². The number of methoxy groups -OCH3 is 1. The Morgan fingerprint density at radius 3 is 2.48 bits per heavy atom. The number of amides is 2. The molecule has 0 aliphatic carbocycles. The number of rotatable bonds is 8. The maximum Gasteiger partial charge on any atom is 0.252 e. The SMILES string of the molecule is COc1cc(C)cc(Nc2nc(N[C@@H](NC=O)C(C)(C)C)c(F)cc2C(N)=O)c1. The van der Waals surface area contributed by atoms with Crippen LogP contribution < -0.4 is 26.4 Å². The van der Waals surface area contributed by atoms with Crippen LogP contribution in [0.25, 0.3) is 0 Å². The van der Waals surface area contributed by atoms with Crippen molar-refractivity contribution >= 4 is 29.6 Å². The van der Waals surface area contributed by atoms with Crippen LogP contribution in [-0.2, 0) is 4.79 Å². The van der Waals surface area contributed by atoms with Gasteiger partial charge >= 0.3 is 0 Å². The number of hydrogen-bond donors (Lipinski definition) is 4. The van der Waals surface area contributed by atoms with Gasteiger partial charge in [0.05, 0.1) is 12.7 Å². The number of nitrogens with two attached hydrogens (primary N) is 1. The van der Waals surface area contributed by atoms with Gasteiger partial charge in [-0.2, -0.15) is 0 Å². The van der Waals surface area contributed by atoms with Crippen molar-refractivity contribution in [3.8, 4) is 5.75 Å². The Bertz CT molecular complexity index is 912. The predicted octanol–water partition coefficient (Wildman–Crippen LogP) is 2.91. The fourth-order valence-electron chi connectivity index (χ4n) is 2.66. The summed E-state index contributed by atoms with van der Waals surface area (Å²) in [6, 6.07) is 6.37. The van der Waals surface area contributed by atoms with E-state index in [1.54, 1.807) is 6.07 Å². The van der Waals surface area contributed by atoms with Gasteiger partial charge in [-0.3, -0.25) is 9.59 Å². The molecule has 0 radical (unpaired) electrons. The number of anilines is 3. The molecule has 8 nitrogen and oxygen atoms in total. The van der Waals surface area contributed by atoms with E-state index in [1.165, 1.54) is 7.11 Å². The fraction of sp³-hybridized carbons (Fsp3) is 0.350. The number of hydrogen-bond acceptors (Lipinski definition) is 6. The number of nitrogens with zero attached hydrogens (tertiary/aromatic N) is 1. The molecule has 2 aromatic rings. The standard InChI is InChI=1S/C20H26FN5O3/c1-11-6-12(8-13(7-11)29-5)24-17-14(16(22)28)9-15(21)18(25-17)26-19(23-10-27)20(2,3)4/h6-10,19H,1-5H3,(H2,22,28)(H,23,27)(H2,24,25,26)/t19-/m1/s1. The van der Waals surface area contributed by atoms with Gasteiger partial charge < -0.3 is 26.4 Å². The van der Waals surface area contributed by atoms with Crippen LogP contribution in [-0.4, -0.2) is 30.6 Å². The molecule has 1 aromatic carbocycles. The van der Waals surface area contributed by atoms with Gasteiger partial charge in [0, 0.05) is 17.2 Å². The second kappa shape index (κ2) is 8.76. The number of pyridine rings is 1. The van der Waals surface area contributed by atoms with Gasteiger partial charge in [-0.1, -0.05) is 20.8 Å². The maximum absolute atomic E-state index is 14.6. The molecule has 0 saturated heterocycles. The Labute approximate surface area is 169 Å². The molecule has 5 N–H and O–H groups in total. The van der Waals surface area contributed by atoms with E-state index in [0.29, 0.717) is 17.8 Å². The summed E-state index contributed by atoms with van der Waals surface area (Å²) in [4.78, 5) is 27.0. The first-order valence-corrected chi connectivity index (χ1v) is 8.94. The molecule has 9 heteroatoms. The normalized spacial score (nSPS) is 12.1. The van der Waals surface area contributed by atoms with Crippen LogP contribution in [0.15, 0.2) is 24.3 Å². The van der Waals surface area contributed by atoms with Gasteiger partial charge in [0.25, 0.3) is 5.91 Å². The summed E-state index contributed by atoms with van der Waals surface area (Å²) in [5.41, 5.74) is 6.36. The van der Waals surface area contributed by atoms with E-state index < -0.39 is 23.3 Å². The monoisotopic (exact) mass is 403 g/mol. The predicted molar refractivity (Wildman–Crippen MR) is 110 cm³/mol. The van der Waals surface area contributed by atoms with Gasteiger partial charge in [-0.25, -0.2) is 9.37 Å². The topological polar surface area (TPSA) is 118 Å². The van der Waals surface area contributed by atoms with Crippen molar-refractivity contribution in [1.29, 1.82) is 0 Å². The summed E-state index contributed by atoms with van der Waals surface area (Å²) in [6.45, 7) is 7.49. The average Bonchev–Trinajstić information content (AvgIpc) is 2.62. The maximum atomic E-state index is 14.6. The first-order chi connectivity index (χ1) is 13.5.